The number of halogens is 1. The van der Waals surface area contributed by atoms with Gasteiger partial charge in [-0.05, 0) is 31.2 Å². The first kappa shape index (κ1) is 15.1. The van der Waals surface area contributed by atoms with Crippen LogP contribution in [-0.4, -0.2) is 47.6 Å². The van der Waals surface area contributed by atoms with Gasteiger partial charge in [-0.25, -0.2) is 0 Å². The van der Waals surface area contributed by atoms with Gasteiger partial charge in [-0.15, -0.1) is 0 Å². The number of rotatable bonds is 3. The zero-order chi connectivity index (χ0) is 14.7. The van der Waals surface area contributed by atoms with Gasteiger partial charge in [0.15, 0.2) is 0 Å². The Morgan fingerprint density at radius 3 is 2.85 bits per heavy atom. The van der Waals surface area contributed by atoms with Crippen LogP contribution in [0.5, 0.6) is 5.75 Å². The van der Waals surface area contributed by atoms with Crippen molar-refractivity contribution in [3.8, 4) is 11.8 Å². The van der Waals surface area contributed by atoms with Gasteiger partial charge in [0.05, 0.1) is 11.1 Å². The summed E-state index contributed by atoms with van der Waals surface area (Å²) in [4.78, 5) is 4.53. The minimum atomic E-state index is -0.309. The third kappa shape index (κ3) is 3.06. The molecule has 1 heterocycles. The van der Waals surface area contributed by atoms with Crippen molar-refractivity contribution in [2.75, 3.05) is 26.7 Å². The molecule has 0 saturated carbocycles. The van der Waals surface area contributed by atoms with Crippen LogP contribution in [0.4, 0.5) is 0 Å². The highest BCUT2D eigenvalue weighted by atomic mass is 35.5. The van der Waals surface area contributed by atoms with Crippen molar-refractivity contribution >= 4 is 11.6 Å². The minimum absolute atomic E-state index is 0.0527. The highest BCUT2D eigenvalue weighted by molar-refractivity contribution is 6.32. The molecular weight excluding hydrogens is 274 g/mol. The molecule has 5 heteroatoms. The second-order valence-corrected chi connectivity index (χ2v) is 5.69. The lowest BCUT2D eigenvalue weighted by Crippen LogP contribution is -2.51. The molecule has 1 saturated heterocycles. The molecule has 1 fully saturated rings. The molecule has 1 aliphatic rings. The molecule has 0 aromatic heterocycles. The fourth-order valence-corrected chi connectivity index (χ4v) is 2.89. The van der Waals surface area contributed by atoms with Gasteiger partial charge < -0.3 is 10.0 Å². The van der Waals surface area contributed by atoms with E-state index in [-0.39, 0.29) is 11.8 Å². The first-order valence-corrected chi connectivity index (χ1v) is 7.27. The monoisotopic (exact) mass is 293 g/mol. The van der Waals surface area contributed by atoms with Gasteiger partial charge in [0, 0.05) is 25.7 Å². The normalized spacial score (nSPS) is 22.4. The summed E-state index contributed by atoms with van der Waals surface area (Å²) in [6.45, 7) is 4.87. The van der Waals surface area contributed by atoms with Crippen LogP contribution in [0, 0.1) is 11.3 Å². The number of nitrogens with zero attached hydrogens (tertiary/aromatic N) is 3. The highest BCUT2D eigenvalue weighted by Crippen LogP contribution is 2.30. The van der Waals surface area contributed by atoms with E-state index in [0.29, 0.717) is 11.1 Å². The van der Waals surface area contributed by atoms with Gasteiger partial charge in [-0.2, -0.15) is 5.26 Å². The van der Waals surface area contributed by atoms with Gasteiger partial charge in [-0.1, -0.05) is 24.6 Å². The Labute approximate surface area is 125 Å². The Balaban J connectivity index is 2.20. The molecule has 2 rings (SSSR count). The maximum absolute atomic E-state index is 9.51. The summed E-state index contributed by atoms with van der Waals surface area (Å²) in [6.07, 6.45) is 1.07. The van der Waals surface area contributed by atoms with E-state index in [4.69, 9.17) is 11.6 Å². The average Bonchev–Trinajstić information content (AvgIpc) is 2.45. The molecule has 108 valence electrons. The van der Waals surface area contributed by atoms with Crippen LogP contribution >= 0.6 is 11.6 Å². The zero-order valence-corrected chi connectivity index (χ0v) is 12.6. The summed E-state index contributed by atoms with van der Waals surface area (Å²) in [5, 5.41) is 19.3. The van der Waals surface area contributed by atoms with E-state index < -0.39 is 0 Å². The first-order chi connectivity index (χ1) is 9.56. The van der Waals surface area contributed by atoms with Crippen molar-refractivity contribution < 1.29 is 5.11 Å². The Morgan fingerprint density at radius 2 is 2.25 bits per heavy atom. The molecule has 1 aromatic carbocycles. The quantitative estimate of drug-likeness (QED) is 0.931. The van der Waals surface area contributed by atoms with Crippen molar-refractivity contribution in [2.45, 2.75) is 25.4 Å². The molecule has 0 aliphatic carbocycles. The number of likely N-dealkylation sites (N-methyl/N-ethyl adjacent to an activating group) is 1. The standard InChI is InChI=1S/C15H20ClN3O/c1-3-12-10-19(7-6-18(12)2)14(9-17)11-4-5-15(20)13(16)8-11/h4-5,8,12,14,20H,3,6-7,10H2,1-2H3. The Hall–Kier alpha value is -1.28. The number of hydrogen-bond acceptors (Lipinski definition) is 4. The smallest absolute Gasteiger partial charge is 0.134 e. The van der Waals surface area contributed by atoms with E-state index in [9.17, 15) is 10.4 Å². The third-order valence-electron chi connectivity index (χ3n) is 4.05. The molecule has 2 atom stereocenters. The van der Waals surface area contributed by atoms with Gasteiger partial charge in [-0.3, -0.25) is 4.90 Å². The Kier molecular flexibility index (Phi) is 4.87. The maximum atomic E-state index is 9.51. The molecule has 2 unspecified atom stereocenters. The van der Waals surface area contributed by atoms with Gasteiger partial charge in [0.25, 0.3) is 0 Å². The van der Waals surface area contributed by atoms with Crippen LogP contribution in [0.1, 0.15) is 24.9 Å². The number of phenolic OH excluding ortho intramolecular Hbond substituents is 1. The number of benzene rings is 1. The van der Waals surface area contributed by atoms with Crippen molar-refractivity contribution in [1.29, 1.82) is 5.26 Å². The highest BCUT2D eigenvalue weighted by Gasteiger charge is 2.29. The number of nitriles is 1. The van der Waals surface area contributed by atoms with Gasteiger partial charge in [0.1, 0.15) is 11.8 Å². The van der Waals surface area contributed by atoms with Gasteiger partial charge in [0.2, 0.25) is 0 Å². The molecule has 0 spiro atoms. The molecule has 20 heavy (non-hydrogen) atoms. The summed E-state index contributed by atoms with van der Waals surface area (Å²) < 4.78 is 0. The molecular formula is C15H20ClN3O. The lowest BCUT2D eigenvalue weighted by Gasteiger charge is -2.41. The molecule has 0 bridgehead atoms. The van der Waals surface area contributed by atoms with Gasteiger partial charge >= 0.3 is 0 Å². The first-order valence-electron chi connectivity index (χ1n) is 6.89. The number of aromatic hydroxyl groups is 1. The lowest BCUT2D eigenvalue weighted by atomic mass is 10.0. The molecule has 4 nitrogen and oxygen atoms in total. The topological polar surface area (TPSA) is 50.5 Å². The Bertz CT molecular complexity index is 514. The second-order valence-electron chi connectivity index (χ2n) is 5.28. The van der Waals surface area contributed by atoms with Crippen molar-refractivity contribution in [2.24, 2.45) is 0 Å². The third-order valence-corrected chi connectivity index (χ3v) is 4.36. The number of hydrogen-bond donors (Lipinski definition) is 1. The molecule has 1 aromatic rings. The van der Waals surface area contributed by atoms with Crippen molar-refractivity contribution in [3.63, 3.8) is 0 Å². The van der Waals surface area contributed by atoms with Crippen molar-refractivity contribution in [3.05, 3.63) is 28.8 Å². The summed E-state index contributed by atoms with van der Waals surface area (Å²) >= 11 is 5.95. The zero-order valence-electron chi connectivity index (χ0n) is 11.9. The minimum Gasteiger partial charge on any atom is -0.506 e. The SMILES string of the molecule is CCC1CN(C(C#N)c2ccc(O)c(Cl)c2)CCN1C. The van der Waals surface area contributed by atoms with Crippen molar-refractivity contribution in [1.82, 2.24) is 9.80 Å². The Morgan fingerprint density at radius 1 is 1.50 bits per heavy atom. The van der Waals surface area contributed by atoms with Crippen LogP contribution in [0.2, 0.25) is 5.02 Å². The lowest BCUT2D eigenvalue weighted by molar-refractivity contribution is 0.0773. The maximum Gasteiger partial charge on any atom is 0.134 e. The van der Waals surface area contributed by atoms with Crippen LogP contribution in [0.25, 0.3) is 0 Å². The fourth-order valence-electron chi connectivity index (χ4n) is 2.71. The number of phenols is 1. The summed E-state index contributed by atoms with van der Waals surface area (Å²) in [5.41, 5.74) is 0.842. The second kappa shape index (κ2) is 6.45. The van der Waals surface area contributed by atoms with E-state index in [1.54, 1.807) is 18.2 Å². The van der Waals surface area contributed by atoms with Crippen LogP contribution in [0.15, 0.2) is 18.2 Å². The van der Waals surface area contributed by atoms with E-state index >= 15 is 0 Å². The van der Waals surface area contributed by atoms with E-state index in [1.807, 2.05) is 0 Å². The summed E-state index contributed by atoms with van der Waals surface area (Å²) in [5.74, 6) is 0.0527. The van der Waals surface area contributed by atoms with Crippen LogP contribution in [-0.2, 0) is 0 Å². The van der Waals surface area contributed by atoms with E-state index in [1.165, 1.54) is 0 Å². The fraction of sp³-hybridized carbons (Fsp3) is 0.533. The molecule has 1 N–H and O–H groups in total. The van der Waals surface area contributed by atoms with Crippen LogP contribution < -0.4 is 0 Å². The summed E-state index contributed by atoms with van der Waals surface area (Å²) in [6, 6.07) is 7.54. The predicted octanol–water partition coefficient (Wildman–Crippen LogP) is 2.64. The average molecular weight is 294 g/mol. The molecule has 0 radical (unpaired) electrons. The number of piperazine rings is 1. The van der Waals surface area contributed by atoms with Crippen LogP contribution in [0.3, 0.4) is 0 Å². The summed E-state index contributed by atoms with van der Waals surface area (Å²) in [7, 11) is 2.13. The largest absolute Gasteiger partial charge is 0.506 e. The van der Waals surface area contributed by atoms with E-state index in [0.717, 1.165) is 31.6 Å². The van der Waals surface area contributed by atoms with E-state index in [2.05, 4.69) is 29.8 Å². The molecule has 0 amide bonds. The molecule has 1 aliphatic heterocycles. The predicted molar refractivity (Wildman–Crippen MR) is 79.8 cm³/mol.